The van der Waals surface area contributed by atoms with Gasteiger partial charge in [-0.25, -0.2) is 5.01 Å². The summed E-state index contributed by atoms with van der Waals surface area (Å²) in [6.07, 6.45) is 2.58. The van der Waals surface area contributed by atoms with Crippen molar-refractivity contribution >= 4 is 0 Å². The molecule has 1 saturated heterocycles. The Labute approximate surface area is 50.8 Å². The van der Waals surface area contributed by atoms with Gasteiger partial charge in [0, 0.05) is 19.6 Å². The van der Waals surface area contributed by atoms with Crippen molar-refractivity contribution in [2.75, 3.05) is 13.6 Å². The molecule has 0 aromatic heterocycles. The summed E-state index contributed by atoms with van der Waals surface area (Å²) in [5.74, 6) is 0. The van der Waals surface area contributed by atoms with E-state index in [1.807, 2.05) is 0 Å². The molecule has 1 rings (SSSR count). The van der Waals surface area contributed by atoms with Gasteiger partial charge < -0.3 is 0 Å². The van der Waals surface area contributed by atoms with E-state index in [1.165, 1.54) is 12.8 Å². The van der Waals surface area contributed by atoms with Crippen LogP contribution in [-0.4, -0.2) is 24.6 Å². The van der Waals surface area contributed by atoms with Crippen LogP contribution in [0.3, 0.4) is 0 Å². The fraction of sp³-hybridized carbons (Fsp3) is 1.00. The van der Waals surface area contributed by atoms with E-state index in [4.69, 9.17) is 0 Å². The molecule has 48 valence electrons. The van der Waals surface area contributed by atoms with Gasteiger partial charge in [0.15, 0.2) is 0 Å². The fourth-order valence-electron chi connectivity index (χ4n) is 1.21. The molecule has 0 amide bonds. The van der Waals surface area contributed by atoms with Crippen LogP contribution in [0.1, 0.15) is 19.8 Å². The SMILES string of the molecule is CCC1CCNN1C. The van der Waals surface area contributed by atoms with Gasteiger partial charge in [0.05, 0.1) is 0 Å². The van der Waals surface area contributed by atoms with Gasteiger partial charge in [-0.2, -0.15) is 0 Å². The van der Waals surface area contributed by atoms with Gasteiger partial charge in [0.1, 0.15) is 0 Å². The molecule has 0 bridgehead atoms. The molecule has 0 radical (unpaired) electrons. The average molecular weight is 114 g/mol. The summed E-state index contributed by atoms with van der Waals surface area (Å²) in [5.41, 5.74) is 3.25. The zero-order valence-electron chi connectivity index (χ0n) is 5.65. The van der Waals surface area contributed by atoms with E-state index in [9.17, 15) is 0 Å². The highest BCUT2D eigenvalue weighted by molar-refractivity contribution is 4.70. The molecule has 1 heterocycles. The fourth-order valence-corrected chi connectivity index (χ4v) is 1.21. The van der Waals surface area contributed by atoms with E-state index in [1.54, 1.807) is 0 Å². The highest BCUT2D eigenvalue weighted by Crippen LogP contribution is 2.08. The third kappa shape index (κ3) is 1.01. The van der Waals surface area contributed by atoms with Gasteiger partial charge in [-0.1, -0.05) is 6.92 Å². The Bertz CT molecular complexity index is 72.9. The van der Waals surface area contributed by atoms with Crippen molar-refractivity contribution in [2.45, 2.75) is 25.8 Å². The van der Waals surface area contributed by atoms with E-state index in [0.717, 1.165) is 12.6 Å². The first-order valence-electron chi connectivity index (χ1n) is 3.31. The quantitative estimate of drug-likeness (QED) is 0.537. The molecule has 0 saturated carbocycles. The molecule has 0 aromatic rings. The van der Waals surface area contributed by atoms with Crippen molar-refractivity contribution in [1.29, 1.82) is 0 Å². The summed E-state index contributed by atoms with van der Waals surface area (Å²) >= 11 is 0. The van der Waals surface area contributed by atoms with Crippen molar-refractivity contribution in [2.24, 2.45) is 0 Å². The minimum atomic E-state index is 0.787. The Hall–Kier alpha value is -0.0800. The third-order valence-corrected chi connectivity index (χ3v) is 1.86. The molecule has 2 heteroatoms. The Morgan fingerprint density at radius 3 is 2.75 bits per heavy atom. The number of hydrazine groups is 1. The van der Waals surface area contributed by atoms with Crippen LogP contribution in [-0.2, 0) is 0 Å². The lowest BCUT2D eigenvalue weighted by atomic mass is 10.2. The van der Waals surface area contributed by atoms with Crippen LogP contribution in [0.25, 0.3) is 0 Å². The second-order valence-corrected chi connectivity index (χ2v) is 2.37. The smallest absolute Gasteiger partial charge is 0.0250 e. The molecule has 1 unspecified atom stereocenters. The van der Waals surface area contributed by atoms with Gasteiger partial charge >= 0.3 is 0 Å². The van der Waals surface area contributed by atoms with E-state index < -0.39 is 0 Å². The topological polar surface area (TPSA) is 15.3 Å². The van der Waals surface area contributed by atoms with Crippen molar-refractivity contribution in [3.8, 4) is 0 Å². The number of nitrogens with zero attached hydrogens (tertiary/aromatic N) is 1. The number of hydrogen-bond acceptors (Lipinski definition) is 2. The van der Waals surface area contributed by atoms with Crippen molar-refractivity contribution < 1.29 is 0 Å². The van der Waals surface area contributed by atoms with Crippen LogP contribution in [0.4, 0.5) is 0 Å². The maximum Gasteiger partial charge on any atom is 0.0250 e. The molecule has 1 aliphatic heterocycles. The summed E-state index contributed by atoms with van der Waals surface area (Å²) in [7, 11) is 2.11. The van der Waals surface area contributed by atoms with Gasteiger partial charge in [-0.3, -0.25) is 5.43 Å². The zero-order valence-corrected chi connectivity index (χ0v) is 5.65. The first-order valence-corrected chi connectivity index (χ1v) is 3.31. The van der Waals surface area contributed by atoms with Crippen LogP contribution in [0.2, 0.25) is 0 Å². The number of rotatable bonds is 1. The van der Waals surface area contributed by atoms with Crippen LogP contribution in [0.15, 0.2) is 0 Å². The summed E-state index contributed by atoms with van der Waals surface area (Å²) in [5, 5.41) is 2.21. The Kier molecular flexibility index (Phi) is 1.86. The highest BCUT2D eigenvalue weighted by atomic mass is 15.5. The van der Waals surface area contributed by atoms with E-state index >= 15 is 0 Å². The lowest BCUT2D eigenvalue weighted by Crippen LogP contribution is -2.32. The van der Waals surface area contributed by atoms with Crippen molar-refractivity contribution in [3.05, 3.63) is 0 Å². The van der Waals surface area contributed by atoms with Crippen LogP contribution < -0.4 is 5.43 Å². The molecule has 2 nitrogen and oxygen atoms in total. The van der Waals surface area contributed by atoms with Gasteiger partial charge in [0.25, 0.3) is 0 Å². The van der Waals surface area contributed by atoms with Gasteiger partial charge in [-0.15, -0.1) is 0 Å². The van der Waals surface area contributed by atoms with Crippen LogP contribution >= 0.6 is 0 Å². The minimum absolute atomic E-state index is 0.787. The Morgan fingerprint density at radius 1 is 1.75 bits per heavy atom. The molecule has 1 atom stereocenters. The predicted molar refractivity (Wildman–Crippen MR) is 34.5 cm³/mol. The standard InChI is InChI=1S/C6H14N2/c1-3-6-4-5-7-8(6)2/h6-7H,3-5H2,1-2H3. The molecular weight excluding hydrogens is 100 g/mol. The second kappa shape index (κ2) is 2.46. The van der Waals surface area contributed by atoms with Crippen molar-refractivity contribution in [3.63, 3.8) is 0 Å². The summed E-state index contributed by atoms with van der Waals surface area (Å²) in [6.45, 7) is 3.39. The maximum atomic E-state index is 3.25. The number of hydrogen-bond donors (Lipinski definition) is 1. The largest absolute Gasteiger partial charge is 0.255 e. The number of nitrogens with one attached hydrogen (secondary N) is 1. The monoisotopic (exact) mass is 114 g/mol. The summed E-state index contributed by atoms with van der Waals surface area (Å²) in [6, 6.07) is 0.787. The molecule has 1 N–H and O–H groups in total. The molecule has 0 aromatic carbocycles. The van der Waals surface area contributed by atoms with E-state index in [2.05, 4.69) is 24.4 Å². The maximum absolute atomic E-state index is 3.25. The lowest BCUT2D eigenvalue weighted by molar-refractivity contribution is 0.232. The van der Waals surface area contributed by atoms with E-state index in [0.29, 0.717) is 0 Å². The Balaban J connectivity index is 2.30. The molecule has 0 aliphatic carbocycles. The predicted octanol–water partition coefficient (Wildman–Crippen LogP) is 0.605. The summed E-state index contributed by atoms with van der Waals surface area (Å²) < 4.78 is 0. The van der Waals surface area contributed by atoms with Gasteiger partial charge in [0.2, 0.25) is 0 Å². The lowest BCUT2D eigenvalue weighted by Gasteiger charge is -2.15. The third-order valence-electron chi connectivity index (χ3n) is 1.86. The second-order valence-electron chi connectivity index (χ2n) is 2.37. The van der Waals surface area contributed by atoms with E-state index in [-0.39, 0.29) is 0 Å². The molecule has 8 heavy (non-hydrogen) atoms. The molecule has 1 fully saturated rings. The van der Waals surface area contributed by atoms with Crippen LogP contribution in [0.5, 0.6) is 0 Å². The first kappa shape index (κ1) is 6.05. The zero-order chi connectivity index (χ0) is 5.98. The Morgan fingerprint density at radius 2 is 2.50 bits per heavy atom. The highest BCUT2D eigenvalue weighted by Gasteiger charge is 2.17. The molecule has 1 aliphatic rings. The minimum Gasteiger partial charge on any atom is -0.255 e. The van der Waals surface area contributed by atoms with Crippen LogP contribution in [0, 0.1) is 0 Å². The van der Waals surface area contributed by atoms with Gasteiger partial charge in [-0.05, 0) is 12.8 Å². The average Bonchev–Trinajstić information content (AvgIpc) is 2.14. The molecule has 0 spiro atoms. The normalized spacial score (nSPS) is 31.5. The summed E-state index contributed by atoms with van der Waals surface area (Å²) in [4.78, 5) is 0. The van der Waals surface area contributed by atoms with Crippen molar-refractivity contribution in [1.82, 2.24) is 10.4 Å². The molecular formula is C6H14N2. The first-order chi connectivity index (χ1) is 3.84.